The molecule has 0 atom stereocenters. The Labute approximate surface area is 61.6 Å². The van der Waals surface area contributed by atoms with Crippen molar-refractivity contribution < 1.29 is 4.79 Å². The van der Waals surface area contributed by atoms with Gasteiger partial charge in [0.1, 0.15) is 0 Å². The third-order valence-electron chi connectivity index (χ3n) is 1.06. The van der Waals surface area contributed by atoms with E-state index in [0.29, 0.717) is 5.56 Å². The molecule has 1 aromatic carbocycles. The van der Waals surface area contributed by atoms with Crippen LogP contribution in [0.4, 0.5) is 0 Å². The van der Waals surface area contributed by atoms with Gasteiger partial charge in [-0.1, -0.05) is 18.2 Å². The molecule has 0 aliphatic rings. The molecular formula is C7H10BNO. The Morgan fingerprint density at radius 1 is 1.20 bits per heavy atom. The highest BCUT2D eigenvalue weighted by Crippen LogP contribution is 1.94. The lowest BCUT2D eigenvalue weighted by Gasteiger charge is -1.89. The summed E-state index contributed by atoms with van der Waals surface area (Å²) in [4.78, 5) is 10.4. The molecule has 52 valence electrons. The van der Waals surface area contributed by atoms with Crippen LogP contribution < -0.4 is 5.73 Å². The van der Waals surface area contributed by atoms with Gasteiger partial charge in [-0.3, -0.25) is 4.79 Å². The first-order valence-corrected chi connectivity index (χ1v) is 2.65. The van der Waals surface area contributed by atoms with E-state index in [1.54, 1.807) is 24.3 Å². The monoisotopic (exact) mass is 135 g/mol. The molecule has 0 aliphatic heterocycles. The zero-order valence-corrected chi connectivity index (χ0v) is 4.87. The van der Waals surface area contributed by atoms with Crippen molar-refractivity contribution in [1.82, 2.24) is 0 Å². The van der Waals surface area contributed by atoms with E-state index < -0.39 is 0 Å². The van der Waals surface area contributed by atoms with Crippen LogP contribution >= 0.6 is 0 Å². The summed E-state index contributed by atoms with van der Waals surface area (Å²) in [5, 5.41) is 0. The van der Waals surface area contributed by atoms with Crippen LogP contribution in [0.3, 0.4) is 0 Å². The molecule has 0 unspecified atom stereocenters. The van der Waals surface area contributed by atoms with Crippen molar-refractivity contribution in [2.45, 2.75) is 0 Å². The maximum atomic E-state index is 10.4. The largest absolute Gasteiger partial charge is 0.366 e. The Balaban J connectivity index is 0.000000810. The normalized spacial score (nSPS) is 8.00. The van der Waals surface area contributed by atoms with E-state index in [9.17, 15) is 4.79 Å². The van der Waals surface area contributed by atoms with Gasteiger partial charge >= 0.3 is 0 Å². The van der Waals surface area contributed by atoms with Gasteiger partial charge in [-0.25, -0.2) is 0 Å². The minimum atomic E-state index is -0.379. The number of hydrogen-bond donors (Lipinski definition) is 1. The topological polar surface area (TPSA) is 43.1 Å². The molecule has 0 bridgehead atoms. The van der Waals surface area contributed by atoms with E-state index in [4.69, 9.17) is 5.73 Å². The molecule has 3 heteroatoms. The minimum absolute atomic E-state index is 0. The van der Waals surface area contributed by atoms with E-state index >= 15 is 0 Å². The Kier molecular flexibility index (Phi) is 3.26. The number of carbonyl (C=O) groups is 1. The number of amides is 1. The Morgan fingerprint density at radius 3 is 2.00 bits per heavy atom. The predicted octanol–water partition coefficient (Wildman–Crippen LogP) is -0.398. The van der Waals surface area contributed by atoms with Gasteiger partial charge in [-0.15, -0.1) is 0 Å². The smallest absolute Gasteiger partial charge is 0.248 e. The average Bonchev–Trinajstić information content (AvgIpc) is 1.90. The summed E-state index contributed by atoms with van der Waals surface area (Å²) in [6.07, 6.45) is 0. The maximum absolute atomic E-state index is 10.4. The molecule has 0 aromatic heterocycles. The summed E-state index contributed by atoms with van der Waals surface area (Å²) >= 11 is 0. The quantitative estimate of drug-likeness (QED) is 0.523. The molecule has 0 saturated heterocycles. The molecular weight excluding hydrogens is 125 g/mol. The average molecular weight is 135 g/mol. The van der Waals surface area contributed by atoms with Gasteiger partial charge in [0, 0.05) is 5.56 Å². The summed E-state index contributed by atoms with van der Waals surface area (Å²) in [6, 6.07) is 8.76. The van der Waals surface area contributed by atoms with Crippen LogP contribution in [0, 0.1) is 0 Å². The van der Waals surface area contributed by atoms with Crippen LogP contribution in [0.5, 0.6) is 0 Å². The lowest BCUT2D eigenvalue weighted by Crippen LogP contribution is -2.09. The van der Waals surface area contributed by atoms with Gasteiger partial charge in [0.15, 0.2) is 0 Å². The van der Waals surface area contributed by atoms with Crippen LogP contribution in [-0.2, 0) is 0 Å². The standard InChI is InChI=1S/C7H7NO.BH3/c8-7(9)6-4-2-1-3-5-6;/h1-5H,(H2,8,9);1H3. The van der Waals surface area contributed by atoms with E-state index in [0.717, 1.165) is 0 Å². The molecule has 0 saturated carbocycles. The highest BCUT2D eigenvalue weighted by atomic mass is 16.1. The molecule has 1 amide bonds. The van der Waals surface area contributed by atoms with Gasteiger partial charge in [0.2, 0.25) is 5.91 Å². The number of hydrogen-bond acceptors (Lipinski definition) is 1. The second kappa shape index (κ2) is 3.72. The summed E-state index contributed by atoms with van der Waals surface area (Å²) < 4.78 is 0. The molecule has 1 aromatic rings. The van der Waals surface area contributed by atoms with Crippen molar-refractivity contribution >= 4 is 14.3 Å². The van der Waals surface area contributed by atoms with Crippen molar-refractivity contribution in [1.29, 1.82) is 0 Å². The van der Waals surface area contributed by atoms with Crippen molar-refractivity contribution in [3.05, 3.63) is 35.9 Å². The molecule has 2 N–H and O–H groups in total. The molecule has 0 aliphatic carbocycles. The van der Waals surface area contributed by atoms with Crippen LogP contribution in [0.25, 0.3) is 0 Å². The minimum Gasteiger partial charge on any atom is -0.366 e. The van der Waals surface area contributed by atoms with Gasteiger partial charge in [0.25, 0.3) is 0 Å². The van der Waals surface area contributed by atoms with Crippen molar-refractivity contribution in [2.75, 3.05) is 0 Å². The SMILES string of the molecule is B.NC(=O)c1ccccc1. The summed E-state index contributed by atoms with van der Waals surface area (Å²) in [6.45, 7) is 0. The van der Waals surface area contributed by atoms with Gasteiger partial charge < -0.3 is 5.73 Å². The summed E-state index contributed by atoms with van der Waals surface area (Å²) in [7, 11) is 0. The fraction of sp³-hybridized carbons (Fsp3) is 0. The molecule has 0 heterocycles. The first kappa shape index (κ1) is 8.75. The Bertz CT molecular complexity index is 210. The van der Waals surface area contributed by atoms with E-state index in [2.05, 4.69) is 0 Å². The van der Waals surface area contributed by atoms with Crippen LogP contribution in [-0.4, -0.2) is 14.3 Å². The lowest BCUT2D eigenvalue weighted by atomic mass is 10.2. The second-order valence-corrected chi connectivity index (χ2v) is 1.73. The summed E-state index contributed by atoms with van der Waals surface area (Å²) in [5.41, 5.74) is 5.53. The van der Waals surface area contributed by atoms with E-state index in [-0.39, 0.29) is 14.3 Å². The highest BCUT2D eigenvalue weighted by molar-refractivity contribution is 5.92. The van der Waals surface area contributed by atoms with E-state index in [1.807, 2.05) is 6.07 Å². The molecule has 0 spiro atoms. The number of nitrogens with two attached hydrogens (primary N) is 1. The van der Waals surface area contributed by atoms with Crippen LogP contribution in [0.1, 0.15) is 10.4 Å². The predicted molar refractivity (Wildman–Crippen MR) is 44.9 cm³/mol. The van der Waals surface area contributed by atoms with Gasteiger partial charge in [-0.05, 0) is 12.1 Å². The molecule has 10 heavy (non-hydrogen) atoms. The highest BCUT2D eigenvalue weighted by Gasteiger charge is 1.93. The fourth-order valence-corrected chi connectivity index (χ4v) is 0.602. The number of benzene rings is 1. The maximum Gasteiger partial charge on any atom is 0.248 e. The molecule has 2 nitrogen and oxygen atoms in total. The Morgan fingerprint density at radius 2 is 1.70 bits per heavy atom. The van der Waals surface area contributed by atoms with Crippen molar-refractivity contribution in [3.63, 3.8) is 0 Å². The third-order valence-corrected chi connectivity index (χ3v) is 1.06. The third kappa shape index (κ3) is 1.93. The van der Waals surface area contributed by atoms with Crippen molar-refractivity contribution in [3.8, 4) is 0 Å². The lowest BCUT2D eigenvalue weighted by molar-refractivity contribution is 0.100. The fourth-order valence-electron chi connectivity index (χ4n) is 0.602. The zero-order chi connectivity index (χ0) is 6.69. The first-order valence-electron chi connectivity index (χ1n) is 2.65. The number of carbonyl (C=O) groups excluding carboxylic acids is 1. The molecule has 0 fully saturated rings. The van der Waals surface area contributed by atoms with Gasteiger partial charge in [-0.2, -0.15) is 0 Å². The molecule has 0 radical (unpaired) electrons. The first-order chi connectivity index (χ1) is 4.30. The van der Waals surface area contributed by atoms with Crippen molar-refractivity contribution in [2.24, 2.45) is 5.73 Å². The van der Waals surface area contributed by atoms with Crippen LogP contribution in [0.15, 0.2) is 30.3 Å². The number of primary amides is 1. The van der Waals surface area contributed by atoms with Crippen LogP contribution in [0.2, 0.25) is 0 Å². The summed E-state index contributed by atoms with van der Waals surface area (Å²) in [5.74, 6) is -0.379. The Hall–Kier alpha value is -1.25. The van der Waals surface area contributed by atoms with E-state index in [1.165, 1.54) is 0 Å². The zero-order valence-electron chi connectivity index (χ0n) is 4.87. The number of rotatable bonds is 1. The molecule has 1 rings (SSSR count). The second-order valence-electron chi connectivity index (χ2n) is 1.73. The van der Waals surface area contributed by atoms with Gasteiger partial charge in [0.05, 0.1) is 8.41 Å².